The second kappa shape index (κ2) is 8.61. The van der Waals surface area contributed by atoms with Crippen LogP contribution in [0.1, 0.15) is 23.6 Å². The van der Waals surface area contributed by atoms with E-state index >= 15 is 0 Å². The molecule has 0 bridgehead atoms. The average Bonchev–Trinajstić information content (AvgIpc) is 2.75. The highest BCUT2D eigenvalue weighted by Crippen LogP contribution is 2.29. The van der Waals surface area contributed by atoms with Crippen LogP contribution in [-0.4, -0.2) is 17.9 Å². The second-order valence-corrected chi connectivity index (χ2v) is 7.02. The molecule has 3 aromatic rings. The molecule has 1 heterocycles. The number of carbonyl (C=O) groups excluding carboxylic acids is 2. The number of fused-ring (bicyclic) bond motifs is 1. The van der Waals surface area contributed by atoms with E-state index in [9.17, 15) is 9.59 Å². The minimum absolute atomic E-state index is 0.0434. The van der Waals surface area contributed by atoms with Gasteiger partial charge in [0.05, 0.1) is 18.2 Å². The molecule has 1 aliphatic rings. The predicted molar refractivity (Wildman–Crippen MR) is 112 cm³/mol. The normalized spacial score (nSPS) is 16.1. The first kappa shape index (κ1) is 18.7. The fourth-order valence-electron chi connectivity index (χ4n) is 3.44. The van der Waals surface area contributed by atoms with Gasteiger partial charge in [0.15, 0.2) is 6.10 Å². The number of ether oxygens (including phenoxy) is 1. The molecule has 4 rings (SSSR count). The van der Waals surface area contributed by atoms with Crippen molar-refractivity contribution in [3.05, 3.63) is 96.1 Å². The minimum Gasteiger partial charge on any atom is -0.478 e. The topological polar surface area (TPSA) is 67.4 Å². The van der Waals surface area contributed by atoms with Crippen LogP contribution in [0, 0.1) is 0 Å². The van der Waals surface area contributed by atoms with E-state index in [0.717, 1.165) is 11.1 Å². The quantitative estimate of drug-likeness (QED) is 0.676. The van der Waals surface area contributed by atoms with Crippen molar-refractivity contribution in [3.63, 3.8) is 0 Å². The van der Waals surface area contributed by atoms with E-state index < -0.39 is 6.10 Å². The predicted octanol–water partition coefficient (Wildman–Crippen LogP) is 3.88. The molecule has 2 N–H and O–H groups in total. The summed E-state index contributed by atoms with van der Waals surface area (Å²) in [5.41, 5.74) is 2.77. The van der Waals surface area contributed by atoms with Gasteiger partial charge in [-0.1, -0.05) is 72.8 Å². The third-order valence-corrected chi connectivity index (χ3v) is 4.90. The molecular formula is C24H22N2O3. The zero-order chi connectivity index (χ0) is 20.1. The molecule has 2 atom stereocenters. The first-order chi connectivity index (χ1) is 14.2. The van der Waals surface area contributed by atoms with Crippen molar-refractivity contribution in [2.75, 3.05) is 5.32 Å². The molecule has 0 radical (unpaired) electrons. The van der Waals surface area contributed by atoms with Crippen molar-refractivity contribution in [3.8, 4) is 5.75 Å². The number of anilines is 1. The third-order valence-electron chi connectivity index (χ3n) is 4.90. The van der Waals surface area contributed by atoms with Crippen LogP contribution in [0.3, 0.4) is 0 Å². The van der Waals surface area contributed by atoms with Crippen LogP contribution < -0.4 is 15.4 Å². The maximum absolute atomic E-state index is 12.8. The van der Waals surface area contributed by atoms with Gasteiger partial charge in [0.2, 0.25) is 5.91 Å². The Morgan fingerprint density at radius 3 is 2.34 bits per heavy atom. The van der Waals surface area contributed by atoms with Crippen molar-refractivity contribution >= 4 is 17.5 Å². The van der Waals surface area contributed by atoms with Crippen LogP contribution in [0.4, 0.5) is 5.69 Å². The Bertz CT molecular complexity index is 989. The Morgan fingerprint density at radius 2 is 1.59 bits per heavy atom. The standard InChI is InChI=1S/C24H22N2O3/c27-23(16-22-24(28)26-19-13-7-8-14-21(19)29-22)25-20(18-11-5-2-6-12-18)15-17-9-3-1-4-10-17/h1-14,20,22H,15-16H2,(H,25,27)(H,26,28). The summed E-state index contributed by atoms with van der Waals surface area (Å²) in [5, 5.41) is 5.87. The Balaban J connectivity index is 1.46. The van der Waals surface area contributed by atoms with Gasteiger partial charge in [0.25, 0.3) is 5.91 Å². The van der Waals surface area contributed by atoms with Gasteiger partial charge in [0, 0.05) is 0 Å². The van der Waals surface area contributed by atoms with Gasteiger partial charge in [-0.25, -0.2) is 0 Å². The van der Waals surface area contributed by atoms with Gasteiger partial charge < -0.3 is 15.4 Å². The number of benzene rings is 3. The van der Waals surface area contributed by atoms with Crippen molar-refractivity contribution in [1.82, 2.24) is 5.32 Å². The summed E-state index contributed by atoms with van der Waals surface area (Å²) in [6, 6.07) is 26.9. The smallest absolute Gasteiger partial charge is 0.266 e. The molecule has 3 aromatic carbocycles. The van der Waals surface area contributed by atoms with Crippen molar-refractivity contribution in [2.45, 2.75) is 25.0 Å². The Hall–Kier alpha value is -3.60. The Morgan fingerprint density at radius 1 is 0.931 bits per heavy atom. The van der Waals surface area contributed by atoms with Crippen LogP contribution >= 0.6 is 0 Å². The molecule has 2 amide bonds. The summed E-state index contributed by atoms with van der Waals surface area (Å²) in [4.78, 5) is 25.1. The minimum atomic E-state index is -0.849. The molecule has 0 fully saturated rings. The molecule has 2 unspecified atom stereocenters. The average molecular weight is 386 g/mol. The van der Waals surface area contributed by atoms with E-state index in [2.05, 4.69) is 10.6 Å². The lowest BCUT2D eigenvalue weighted by molar-refractivity contribution is -0.130. The summed E-state index contributed by atoms with van der Waals surface area (Å²) in [6.07, 6.45) is -0.229. The van der Waals surface area contributed by atoms with Crippen molar-refractivity contribution in [2.24, 2.45) is 0 Å². The van der Waals surface area contributed by atoms with Crippen LogP contribution in [0.5, 0.6) is 5.75 Å². The largest absolute Gasteiger partial charge is 0.478 e. The summed E-state index contributed by atoms with van der Waals surface area (Å²) < 4.78 is 5.75. The summed E-state index contributed by atoms with van der Waals surface area (Å²) in [7, 11) is 0. The SMILES string of the molecule is O=C(CC1Oc2ccccc2NC1=O)NC(Cc1ccccc1)c1ccccc1. The van der Waals surface area contributed by atoms with E-state index in [0.29, 0.717) is 17.9 Å². The van der Waals surface area contributed by atoms with Crippen LogP contribution in [0.25, 0.3) is 0 Å². The number of nitrogens with one attached hydrogen (secondary N) is 2. The molecule has 0 aliphatic carbocycles. The highest BCUT2D eigenvalue weighted by molar-refractivity contribution is 5.99. The maximum Gasteiger partial charge on any atom is 0.266 e. The van der Waals surface area contributed by atoms with E-state index in [-0.39, 0.29) is 24.3 Å². The Kier molecular flexibility index (Phi) is 5.56. The van der Waals surface area contributed by atoms with Crippen LogP contribution in [0.15, 0.2) is 84.9 Å². The lowest BCUT2D eigenvalue weighted by atomic mass is 9.98. The number of rotatable bonds is 6. The highest BCUT2D eigenvalue weighted by atomic mass is 16.5. The molecule has 29 heavy (non-hydrogen) atoms. The molecule has 0 spiro atoms. The van der Waals surface area contributed by atoms with Gasteiger partial charge in [-0.15, -0.1) is 0 Å². The van der Waals surface area contributed by atoms with E-state index in [4.69, 9.17) is 4.74 Å². The molecule has 146 valence electrons. The summed E-state index contributed by atoms with van der Waals surface area (Å²) in [5.74, 6) is 0.0429. The molecule has 1 aliphatic heterocycles. The van der Waals surface area contributed by atoms with Gasteiger partial charge in [-0.2, -0.15) is 0 Å². The monoisotopic (exact) mass is 386 g/mol. The van der Waals surface area contributed by atoms with Crippen molar-refractivity contribution < 1.29 is 14.3 Å². The number of amides is 2. The molecule has 5 heteroatoms. The first-order valence-electron chi connectivity index (χ1n) is 9.64. The first-order valence-corrected chi connectivity index (χ1v) is 9.64. The number of hydrogen-bond donors (Lipinski definition) is 2. The second-order valence-electron chi connectivity index (χ2n) is 7.02. The van der Waals surface area contributed by atoms with Gasteiger partial charge in [0.1, 0.15) is 5.75 Å². The number of hydrogen-bond acceptors (Lipinski definition) is 3. The molecular weight excluding hydrogens is 364 g/mol. The van der Waals surface area contributed by atoms with E-state index in [1.165, 1.54) is 0 Å². The fourth-order valence-corrected chi connectivity index (χ4v) is 3.44. The number of para-hydroxylation sites is 2. The van der Waals surface area contributed by atoms with Crippen LogP contribution in [0.2, 0.25) is 0 Å². The molecule has 5 nitrogen and oxygen atoms in total. The zero-order valence-corrected chi connectivity index (χ0v) is 15.9. The molecule has 0 saturated heterocycles. The third kappa shape index (κ3) is 4.63. The van der Waals surface area contributed by atoms with Crippen molar-refractivity contribution in [1.29, 1.82) is 0 Å². The lowest BCUT2D eigenvalue weighted by Crippen LogP contribution is -2.41. The van der Waals surface area contributed by atoms with Gasteiger partial charge in [-0.05, 0) is 29.7 Å². The zero-order valence-electron chi connectivity index (χ0n) is 15.9. The maximum atomic E-state index is 12.8. The number of carbonyl (C=O) groups is 2. The Labute approximate surface area is 169 Å². The lowest BCUT2D eigenvalue weighted by Gasteiger charge is -2.26. The summed E-state index contributed by atoms with van der Waals surface area (Å²) >= 11 is 0. The van der Waals surface area contributed by atoms with E-state index in [1.54, 1.807) is 12.1 Å². The molecule has 0 saturated carbocycles. The van der Waals surface area contributed by atoms with Crippen LogP contribution in [-0.2, 0) is 16.0 Å². The molecule has 0 aromatic heterocycles. The fraction of sp³-hybridized carbons (Fsp3) is 0.167. The highest BCUT2D eigenvalue weighted by Gasteiger charge is 2.30. The van der Waals surface area contributed by atoms with E-state index in [1.807, 2.05) is 72.8 Å². The van der Waals surface area contributed by atoms with Gasteiger partial charge in [-0.3, -0.25) is 9.59 Å². The van der Waals surface area contributed by atoms with Gasteiger partial charge >= 0.3 is 0 Å². The summed E-state index contributed by atoms with van der Waals surface area (Å²) in [6.45, 7) is 0.